The minimum Gasteiger partial charge on any atom is -0.372 e. The molecule has 2 aromatic heterocycles. The summed E-state index contributed by atoms with van der Waals surface area (Å²) >= 11 is 0. The van der Waals surface area contributed by atoms with Gasteiger partial charge in [0, 0.05) is 20.3 Å². The summed E-state index contributed by atoms with van der Waals surface area (Å²) < 4.78 is 13.3. The van der Waals surface area contributed by atoms with E-state index in [0.29, 0.717) is 12.4 Å². The molecule has 2 rings (SSSR count). The number of rotatable bonds is 4. The van der Waals surface area contributed by atoms with Crippen LogP contribution in [0.1, 0.15) is 16.1 Å². The van der Waals surface area contributed by atoms with Crippen molar-refractivity contribution in [3.05, 3.63) is 53.7 Å². The molecule has 0 aliphatic heterocycles. The van der Waals surface area contributed by atoms with Crippen LogP contribution in [0.2, 0.25) is 0 Å². The van der Waals surface area contributed by atoms with Crippen LogP contribution in [0.25, 0.3) is 0 Å². The van der Waals surface area contributed by atoms with Crippen LogP contribution in [0.4, 0.5) is 10.2 Å². The number of carbonyl (C=O) groups is 1. The van der Waals surface area contributed by atoms with Gasteiger partial charge in [-0.05, 0) is 18.2 Å². The van der Waals surface area contributed by atoms with Gasteiger partial charge >= 0.3 is 0 Å². The number of anilines is 1. The van der Waals surface area contributed by atoms with Crippen LogP contribution in [0, 0.1) is 5.82 Å². The molecule has 0 aliphatic rings. The zero-order valence-electron chi connectivity index (χ0n) is 11.3. The summed E-state index contributed by atoms with van der Waals surface area (Å²) in [5.74, 6) is -0.505. The fourth-order valence-corrected chi connectivity index (χ4v) is 1.81. The molecule has 0 aromatic carbocycles. The Kier molecular flexibility index (Phi) is 4.24. The van der Waals surface area contributed by atoms with Gasteiger partial charge in [0.25, 0.3) is 5.91 Å². The van der Waals surface area contributed by atoms with Gasteiger partial charge in [0.1, 0.15) is 11.6 Å². The lowest BCUT2D eigenvalue weighted by molar-refractivity contribution is 0.0783. The van der Waals surface area contributed by atoms with E-state index in [1.54, 1.807) is 26.4 Å². The Balaban J connectivity index is 2.20. The maximum absolute atomic E-state index is 13.3. The first-order chi connectivity index (χ1) is 9.61. The van der Waals surface area contributed by atoms with Crippen molar-refractivity contribution in [1.29, 1.82) is 0 Å². The number of pyridine rings is 2. The van der Waals surface area contributed by atoms with Crippen molar-refractivity contribution < 1.29 is 9.18 Å². The summed E-state index contributed by atoms with van der Waals surface area (Å²) in [5.41, 5.74) is 0.963. The van der Waals surface area contributed by atoms with Gasteiger partial charge in [-0.1, -0.05) is 6.07 Å². The molecule has 6 heteroatoms. The average molecular weight is 274 g/mol. The second-order valence-electron chi connectivity index (χ2n) is 4.28. The molecule has 2 aromatic rings. The lowest BCUT2D eigenvalue weighted by atomic mass is 10.2. The third kappa shape index (κ3) is 3.09. The highest BCUT2D eigenvalue weighted by Gasteiger charge is 2.17. The zero-order chi connectivity index (χ0) is 14.5. The minimum atomic E-state index is -0.543. The van der Waals surface area contributed by atoms with E-state index in [-0.39, 0.29) is 11.5 Å². The number of carbonyl (C=O) groups excluding carboxylic acids is 1. The van der Waals surface area contributed by atoms with E-state index in [9.17, 15) is 9.18 Å². The summed E-state index contributed by atoms with van der Waals surface area (Å²) in [5, 5.41) is 2.78. The van der Waals surface area contributed by atoms with Gasteiger partial charge in [0.05, 0.1) is 24.0 Å². The highest BCUT2D eigenvalue weighted by atomic mass is 19.1. The Labute approximate surface area is 116 Å². The van der Waals surface area contributed by atoms with E-state index in [1.165, 1.54) is 11.0 Å². The standard InChI is InChI=1S/C14H15FN4O/c1-16-13-12(7-10(15)8-18-13)14(20)19(2)9-11-5-3-4-6-17-11/h3-8H,9H2,1-2H3,(H,16,18). The van der Waals surface area contributed by atoms with Crippen molar-refractivity contribution in [2.75, 3.05) is 19.4 Å². The summed E-state index contributed by atoms with van der Waals surface area (Å²) in [6, 6.07) is 6.66. The molecular formula is C14H15FN4O. The molecule has 104 valence electrons. The van der Waals surface area contributed by atoms with Gasteiger partial charge in [-0.25, -0.2) is 9.37 Å². The summed E-state index contributed by atoms with van der Waals surface area (Å²) in [6.45, 7) is 0.347. The van der Waals surface area contributed by atoms with E-state index >= 15 is 0 Å². The first kappa shape index (κ1) is 13.9. The smallest absolute Gasteiger partial charge is 0.257 e. The van der Waals surface area contributed by atoms with E-state index in [4.69, 9.17) is 0 Å². The molecule has 0 saturated carbocycles. The van der Waals surface area contributed by atoms with Crippen molar-refractivity contribution in [2.24, 2.45) is 0 Å². The number of nitrogens with one attached hydrogen (secondary N) is 1. The first-order valence-electron chi connectivity index (χ1n) is 6.10. The maximum Gasteiger partial charge on any atom is 0.257 e. The second kappa shape index (κ2) is 6.10. The molecule has 0 aliphatic carbocycles. The lowest BCUT2D eigenvalue weighted by Crippen LogP contribution is -2.27. The molecule has 0 unspecified atom stereocenters. The van der Waals surface area contributed by atoms with Crippen LogP contribution in [-0.4, -0.2) is 34.9 Å². The predicted molar refractivity (Wildman–Crippen MR) is 73.8 cm³/mol. The molecule has 0 radical (unpaired) electrons. The van der Waals surface area contributed by atoms with Gasteiger partial charge < -0.3 is 10.2 Å². The number of halogens is 1. The molecule has 1 N–H and O–H groups in total. The third-order valence-corrected chi connectivity index (χ3v) is 2.79. The second-order valence-corrected chi connectivity index (χ2v) is 4.28. The number of aromatic nitrogens is 2. The molecule has 20 heavy (non-hydrogen) atoms. The highest BCUT2D eigenvalue weighted by molar-refractivity contribution is 5.98. The van der Waals surface area contributed by atoms with E-state index in [1.807, 2.05) is 12.1 Å². The Morgan fingerprint density at radius 3 is 2.85 bits per heavy atom. The molecule has 5 nitrogen and oxygen atoms in total. The Bertz CT molecular complexity index is 603. The summed E-state index contributed by atoms with van der Waals surface area (Å²) in [6.07, 6.45) is 2.73. The SMILES string of the molecule is CNc1ncc(F)cc1C(=O)N(C)Cc1ccccn1. The largest absolute Gasteiger partial charge is 0.372 e. The summed E-state index contributed by atoms with van der Waals surface area (Å²) in [4.78, 5) is 21.8. The molecule has 0 fully saturated rings. The monoisotopic (exact) mass is 274 g/mol. The highest BCUT2D eigenvalue weighted by Crippen LogP contribution is 2.16. The molecule has 0 spiro atoms. The van der Waals surface area contributed by atoms with Crippen molar-refractivity contribution in [1.82, 2.24) is 14.9 Å². The Hall–Kier alpha value is -2.50. The quantitative estimate of drug-likeness (QED) is 0.925. The summed E-state index contributed by atoms with van der Waals surface area (Å²) in [7, 11) is 3.27. The van der Waals surface area contributed by atoms with E-state index < -0.39 is 5.82 Å². The van der Waals surface area contributed by atoms with Crippen molar-refractivity contribution >= 4 is 11.7 Å². The van der Waals surface area contributed by atoms with Crippen molar-refractivity contribution in [2.45, 2.75) is 6.54 Å². The van der Waals surface area contributed by atoms with Gasteiger partial charge in [0.15, 0.2) is 0 Å². The van der Waals surface area contributed by atoms with Crippen LogP contribution in [0.3, 0.4) is 0 Å². The maximum atomic E-state index is 13.3. The Morgan fingerprint density at radius 2 is 2.20 bits per heavy atom. The van der Waals surface area contributed by atoms with Crippen LogP contribution < -0.4 is 5.32 Å². The first-order valence-corrected chi connectivity index (χ1v) is 6.10. The van der Waals surface area contributed by atoms with Gasteiger partial charge in [-0.2, -0.15) is 0 Å². The molecule has 0 saturated heterocycles. The van der Waals surface area contributed by atoms with Gasteiger partial charge in [-0.3, -0.25) is 9.78 Å². The number of hydrogen-bond donors (Lipinski definition) is 1. The molecule has 0 atom stereocenters. The lowest BCUT2D eigenvalue weighted by Gasteiger charge is -2.18. The van der Waals surface area contributed by atoms with Crippen LogP contribution in [0.15, 0.2) is 36.7 Å². The minimum absolute atomic E-state index is 0.200. The van der Waals surface area contributed by atoms with Crippen molar-refractivity contribution in [3.63, 3.8) is 0 Å². The van der Waals surface area contributed by atoms with Crippen LogP contribution in [0.5, 0.6) is 0 Å². The molecule has 0 bridgehead atoms. The molecule has 1 amide bonds. The third-order valence-electron chi connectivity index (χ3n) is 2.79. The van der Waals surface area contributed by atoms with Crippen molar-refractivity contribution in [3.8, 4) is 0 Å². The average Bonchev–Trinajstić information content (AvgIpc) is 2.47. The van der Waals surface area contributed by atoms with Crippen LogP contribution >= 0.6 is 0 Å². The Morgan fingerprint density at radius 1 is 1.40 bits per heavy atom. The zero-order valence-corrected chi connectivity index (χ0v) is 11.3. The topological polar surface area (TPSA) is 58.1 Å². The number of nitrogens with zero attached hydrogens (tertiary/aromatic N) is 3. The number of hydrogen-bond acceptors (Lipinski definition) is 4. The van der Waals surface area contributed by atoms with Crippen LogP contribution in [-0.2, 0) is 6.54 Å². The predicted octanol–water partition coefficient (Wildman–Crippen LogP) is 1.93. The van der Waals surface area contributed by atoms with Gasteiger partial charge in [-0.15, -0.1) is 0 Å². The molecular weight excluding hydrogens is 259 g/mol. The van der Waals surface area contributed by atoms with E-state index in [0.717, 1.165) is 11.9 Å². The molecule has 2 heterocycles. The fraction of sp³-hybridized carbons (Fsp3) is 0.214. The van der Waals surface area contributed by atoms with E-state index in [2.05, 4.69) is 15.3 Å². The fourth-order valence-electron chi connectivity index (χ4n) is 1.81. The normalized spacial score (nSPS) is 10.2. The number of amides is 1. The van der Waals surface area contributed by atoms with Gasteiger partial charge in [0.2, 0.25) is 0 Å².